The fraction of sp³-hybridized carbons (Fsp3) is 0.300. The zero-order chi connectivity index (χ0) is 21.0. The molecule has 9 heteroatoms. The van der Waals surface area contributed by atoms with Crippen molar-refractivity contribution in [1.29, 1.82) is 0 Å². The van der Waals surface area contributed by atoms with E-state index in [0.717, 1.165) is 12.3 Å². The SMILES string of the molecule is CCc1nc2ccc(C(F)(F)F)cn2c1C(=O)NCCOc1ccc(OC)cc1. The van der Waals surface area contributed by atoms with Crippen LogP contribution in [0.1, 0.15) is 28.7 Å². The van der Waals surface area contributed by atoms with Gasteiger partial charge in [-0.05, 0) is 42.8 Å². The van der Waals surface area contributed by atoms with Crippen molar-refractivity contribution in [2.45, 2.75) is 19.5 Å². The Kier molecular flexibility index (Phi) is 5.95. The van der Waals surface area contributed by atoms with Crippen molar-refractivity contribution in [3.63, 3.8) is 0 Å². The molecule has 0 unspecified atom stereocenters. The summed E-state index contributed by atoms with van der Waals surface area (Å²) in [4.78, 5) is 16.9. The molecule has 6 nitrogen and oxygen atoms in total. The summed E-state index contributed by atoms with van der Waals surface area (Å²) in [7, 11) is 1.56. The van der Waals surface area contributed by atoms with E-state index in [0.29, 0.717) is 23.6 Å². The molecule has 0 saturated carbocycles. The van der Waals surface area contributed by atoms with Crippen LogP contribution in [-0.4, -0.2) is 35.6 Å². The molecule has 0 aliphatic carbocycles. The third-order valence-corrected chi connectivity index (χ3v) is 4.28. The van der Waals surface area contributed by atoms with Crippen molar-refractivity contribution in [2.75, 3.05) is 20.3 Å². The minimum atomic E-state index is -4.51. The quantitative estimate of drug-likeness (QED) is 0.606. The lowest BCUT2D eigenvalue weighted by Crippen LogP contribution is -2.30. The Morgan fingerprint density at radius 3 is 2.45 bits per heavy atom. The number of halogens is 3. The summed E-state index contributed by atoms with van der Waals surface area (Å²) in [6.07, 6.45) is -3.21. The van der Waals surface area contributed by atoms with Crippen LogP contribution in [0.3, 0.4) is 0 Å². The van der Waals surface area contributed by atoms with Gasteiger partial charge in [0.05, 0.1) is 24.9 Å². The van der Waals surface area contributed by atoms with Crippen LogP contribution < -0.4 is 14.8 Å². The summed E-state index contributed by atoms with van der Waals surface area (Å²) >= 11 is 0. The van der Waals surface area contributed by atoms with E-state index >= 15 is 0 Å². The van der Waals surface area contributed by atoms with Gasteiger partial charge in [0, 0.05) is 6.20 Å². The number of nitrogens with zero attached hydrogens (tertiary/aromatic N) is 2. The van der Waals surface area contributed by atoms with Gasteiger partial charge in [0.2, 0.25) is 0 Å². The first kappa shape index (κ1) is 20.5. The minimum absolute atomic E-state index is 0.0954. The highest BCUT2D eigenvalue weighted by molar-refractivity contribution is 5.94. The van der Waals surface area contributed by atoms with E-state index in [-0.39, 0.29) is 24.5 Å². The molecule has 2 heterocycles. The van der Waals surface area contributed by atoms with Crippen molar-refractivity contribution >= 4 is 11.6 Å². The lowest BCUT2D eigenvalue weighted by atomic mass is 10.2. The molecule has 0 fully saturated rings. The largest absolute Gasteiger partial charge is 0.497 e. The summed E-state index contributed by atoms with van der Waals surface area (Å²) in [5.74, 6) is 0.800. The molecule has 1 aromatic carbocycles. The number of hydrogen-bond donors (Lipinski definition) is 1. The molecule has 0 aliphatic heterocycles. The number of alkyl halides is 3. The molecule has 0 radical (unpaired) electrons. The summed E-state index contributed by atoms with van der Waals surface area (Å²) in [5, 5.41) is 2.67. The first-order chi connectivity index (χ1) is 13.8. The number of imidazole rings is 1. The number of aryl methyl sites for hydroxylation is 1. The van der Waals surface area contributed by atoms with Crippen LogP contribution in [0.2, 0.25) is 0 Å². The highest BCUT2D eigenvalue weighted by atomic mass is 19.4. The van der Waals surface area contributed by atoms with Crippen molar-refractivity contribution in [3.05, 3.63) is 59.5 Å². The van der Waals surface area contributed by atoms with E-state index < -0.39 is 17.6 Å². The van der Waals surface area contributed by atoms with Gasteiger partial charge < -0.3 is 14.8 Å². The molecule has 0 saturated heterocycles. The Balaban J connectivity index is 1.70. The molecule has 0 spiro atoms. The molecular formula is C20H20F3N3O3. The van der Waals surface area contributed by atoms with Gasteiger partial charge in [-0.15, -0.1) is 0 Å². The predicted octanol–water partition coefficient (Wildman–Crippen LogP) is 3.73. The molecule has 3 rings (SSSR count). The third-order valence-electron chi connectivity index (χ3n) is 4.28. The summed E-state index contributed by atoms with van der Waals surface area (Å²) in [6, 6.07) is 9.17. The number of fused-ring (bicyclic) bond motifs is 1. The number of hydrogen-bond acceptors (Lipinski definition) is 4. The first-order valence-electron chi connectivity index (χ1n) is 8.96. The second kappa shape index (κ2) is 8.42. The average molecular weight is 407 g/mol. The molecule has 154 valence electrons. The van der Waals surface area contributed by atoms with E-state index in [1.165, 1.54) is 10.5 Å². The fourth-order valence-corrected chi connectivity index (χ4v) is 2.84. The molecule has 3 aromatic rings. The molecule has 0 aliphatic rings. The normalized spacial score (nSPS) is 11.5. The smallest absolute Gasteiger partial charge is 0.417 e. The second-order valence-corrected chi connectivity index (χ2v) is 6.18. The summed E-state index contributed by atoms with van der Waals surface area (Å²) in [5.41, 5.74) is -0.0348. The van der Waals surface area contributed by atoms with Crippen molar-refractivity contribution in [3.8, 4) is 11.5 Å². The van der Waals surface area contributed by atoms with Gasteiger partial charge in [0.1, 0.15) is 29.4 Å². The van der Waals surface area contributed by atoms with Gasteiger partial charge in [-0.1, -0.05) is 6.92 Å². The van der Waals surface area contributed by atoms with Crippen LogP contribution in [0.5, 0.6) is 11.5 Å². The van der Waals surface area contributed by atoms with Gasteiger partial charge in [0.25, 0.3) is 5.91 Å². The standard InChI is InChI=1S/C20H20F3N3O3/c1-3-16-18(26-12-13(20(21,22)23)4-9-17(26)25-16)19(27)24-10-11-29-15-7-5-14(28-2)6-8-15/h4-9,12H,3,10-11H2,1-2H3,(H,24,27). The average Bonchev–Trinajstić information content (AvgIpc) is 3.08. The van der Waals surface area contributed by atoms with Gasteiger partial charge in [0.15, 0.2) is 0 Å². The van der Waals surface area contributed by atoms with Crippen LogP contribution >= 0.6 is 0 Å². The molecule has 0 bridgehead atoms. The lowest BCUT2D eigenvalue weighted by Gasteiger charge is -2.10. The highest BCUT2D eigenvalue weighted by Crippen LogP contribution is 2.30. The maximum atomic E-state index is 13.0. The number of carbonyl (C=O) groups excluding carboxylic acids is 1. The van der Waals surface area contributed by atoms with Crippen LogP contribution in [0, 0.1) is 0 Å². The Bertz CT molecular complexity index is 998. The molecule has 2 aromatic heterocycles. The Morgan fingerprint density at radius 1 is 1.14 bits per heavy atom. The maximum Gasteiger partial charge on any atom is 0.417 e. The van der Waals surface area contributed by atoms with E-state index in [1.54, 1.807) is 38.3 Å². The van der Waals surface area contributed by atoms with Crippen LogP contribution in [-0.2, 0) is 12.6 Å². The first-order valence-corrected chi connectivity index (χ1v) is 8.96. The molecule has 29 heavy (non-hydrogen) atoms. The Labute approximate surface area is 165 Å². The number of carbonyl (C=O) groups is 1. The van der Waals surface area contributed by atoms with Crippen LogP contribution in [0.15, 0.2) is 42.6 Å². The third kappa shape index (κ3) is 4.61. The number of amides is 1. The van der Waals surface area contributed by atoms with Crippen molar-refractivity contribution in [1.82, 2.24) is 14.7 Å². The predicted molar refractivity (Wildman–Crippen MR) is 100 cm³/mol. The van der Waals surface area contributed by atoms with Crippen molar-refractivity contribution < 1.29 is 27.4 Å². The lowest BCUT2D eigenvalue weighted by molar-refractivity contribution is -0.137. The topological polar surface area (TPSA) is 64.9 Å². The maximum absolute atomic E-state index is 13.0. The number of aromatic nitrogens is 2. The molecular weight excluding hydrogens is 387 g/mol. The van der Waals surface area contributed by atoms with E-state index in [4.69, 9.17) is 9.47 Å². The number of ether oxygens (including phenoxy) is 2. The summed E-state index contributed by atoms with van der Waals surface area (Å²) < 4.78 is 50.9. The van der Waals surface area contributed by atoms with Gasteiger partial charge >= 0.3 is 6.18 Å². The van der Waals surface area contributed by atoms with Crippen LogP contribution in [0.25, 0.3) is 5.65 Å². The fourth-order valence-electron chi connectivity index (χ4n) is 2.84. The van der Waals surface area contributed by atoms with E-state index in [1.807, 2.05) is 0 Å². The number of methoxy groups -OCH3 is 1. The second-order valence-electron chi connectivity index (χ2n) is 6.18. The number of pyridine rings is 1. The van der Waals surface area contributed by atoms with Crippen molar-refractivity contribution in [2.24, 2.45) is 0 Å². The molecule has 1 N–H and O–H groups in total. The molecule has 0 atom stereocenters. The monoisotopic (exact) mass is 407 g/mol. The van der Waals surface area contributed by atoms with E-state index in [9.17, 15) is 18.0 Å². The molecule has 1 amide bonds. The number of benzene rings is 1. The Hall–Kier alpha value is -3.23. The zero-order valence-electron chi connectivity index (χ0n) is 15.9. The van der Waals surface area contributed by atoms with Gasteiger partial charge in [-0.3, -0.25) is 9.20 Å². The zero-order valence-corrected chi connectivity index (χ0v) is 15.9. The summed E-state index contributed by atoms with van der Waals surface area (Å²) in [6.45, 7) is 2.17. The number of nitrogens with one attached hydrogen (secondary N) is 1. The Morgan fingerprint density at radius 2 is 1.83 bits per heavy atom. The number of rotatable bonds is 7. The highest BCUT2D eigenvalue weighted by Gasteiger charge is 2.31. The van der Waals surface area contributed by atoms with Gasteiger partial charge in [-0.2, -0.15) is 13.2 Å². The van der Waals surface area contributed by atoms with E-state index in [2.05, 4.69) is 10.3 Å². The van der Waals surface area contributed by atoms with Crippen LogP contribution in [0.4, 0.5) is 13.2 Å². The minimum Gasteiger partial charge on any atom is -0.497 e. The van der Waals surface area contributed by atoms with Gasteiger partial charge in [-0.25, -0.2) is 4.98 Å².